The molecule has 1 N–H and O–H groups in total. The first-order chi connectivity index (χ1) is 13.8. The highest BCUT2D eigenvalue weighted by Crippen LogP contribution is 2.45. The van der Waals surface area contributed by atoms with Crippen LogP contribution in [0, 0.1) is 29.6 Å². The van der Waals surface area contributed by atoms with E-state index in [4.69, 9.17) is 9.47 Å². The Morgan fingerprint density at radius 3 is 2.79 bits per heavy atom. The van der Waals surface area contributed by atoms with Crippen LogP contribution in [0.4, 0.5) is 0 Å². The maximum atomic E-state index is 12.6. The van der Waals surface area contributed by atoms with Crippen molar-refractivity contribution in [3.63, 3.8) is 0 Å². The molecule has 8 atom stereocenters. The molecule has 0 radical (unpaired) electrons. The van der Waals surface area contributed by atoms with Crippen molar-refractivity contribution in [1.82, 2.24) is 0 Å². The van der Waals surface area contributed by atoms with Gasteiger partial charge in [-0.25, -0.2) is 0 Å². The number of rotatable bonds is 6. The second kappa shape index (κ2) is 9.51. The van der Waals surface area contributed by atoms with Gasteiger partial charge >= 0.3 is 5.97 Å². The predicted octanol–water partition coefficient (Wildman–Crippen LogP) is 5.18. The van der Waals surface area contributed by atoms with Crippen molar-refractivity contribution < 1.29 is 19.4 Å². The second-order valence-corrected chi connectivity index (χ2v) is 9.52. The zero-order valence-electron chi connectivity index (χ0n) is 18.5. The number of aliphatic hydroxyl groups is 1. The Hall–Kier alpha value is -1.55. The number of allylic oxidation sites excluding steroid dienone is 3. The summed E-state index contributed by atoms with van der Waals surface area (Å²) in [6.45, 7) is 12.4. The molecule has 162 valence electrons. The van der Waals surface area contributed by atoms with Crippen LogP contribution in [0.15, 0.2) is 36.1 Å². The summed E-state index contributed by atoms with van der Waals surface area (Å²) in [5.74, 6) is 2.06. The topological polar surface area (TPSA) is 55.8 Å². The monoisotopic (exact) mass is 402 g/mol. The lowest BCUT2D eigenvalue weighted by Gasteiger charge is -2.43. The van der Waals surface area contributed by atoms with E-state index in [1.54, 1.807) is 0 Å². The Morgan fingerprint density at radius 2 is 2.10 bits per heavy atom. The Kier molecular flexibility index (Phi) is 7.26. The zero-order chi connectivity index (χ0) is 21.1. The van der Waals surface area contributed by atoms with Gasteiger partial charge in [-0.15, -0.1) is 0 Å². The van der Waals surface area contributed by atoms with Crippen molar-refractivity contribution >= 4 is 5.97 Å². The van der Waals surface area contributed by atoms with Gasteiger partial charge in [-0.05, 0) is 49.0 Å². The van der Waals surface area contributed by atoms with Gasteiger partial charge in [0, 0.05) is 18.8 Å². The Labute approximate surface area is 176 Å². The molecule has 3 aliphatic rings. The molecular formula is C25H38O4. The van der Waals surface area contributed by atoms with Crippen LogP contribution >= 0.6 is 0 Å². The molecule has 0 spiro atoms. The summed E-state index contributed by atoms with van der Waals surface area (Å²) in [6.07, 6.45) is 11.3. The summed E-state index contributed by atoms with van der Waals surface area (Å²) in [5.41, 5.74) is 1.32. The normalized spacial score (nSPS) is 37.9. The van der Waals surface area contributed by atoms with Gasteiger partial charge in [0.1, 0.15) is 12.2 Å². The van der Waals surface area contributed by atoms with Crippen LogP contribution in [0.1, 0.15) is 66.2 Å². The molecular weight excluding hydrogens is 364 g/mol. The number of esters is 1. The van der Waals surface area contributed by atoms with Gasteiger partial charge in [0.05, 0.1) is 17.8 Å². The van der Waals surface area contributed by atoms with Crippen molar-refractivity contribution in [3.05, 3.63) is 36.1 Å². The van der Waals surface area contributed by atoms with Crippen LogP contribution < -0.4 is 0 Å². The van der Waals surface area contributed by atoms with E-state index in [2.05, 4.69) is 38.7 Å². The molecule has 29 heavy (non-hydrogen) atoms. The number of carbonyl (C=O) groups is 1. The Balaban J connectivity index is 1.74. The molecule has 1 aliphatic heterocycles. The molecule has 8 unspecified atom stereocenters. The molecule has 0 aromatic rings. The Bertz CT molecular complexity index is 664. The zero-order valence-corrected chi connectivity index (χ0v) is 18.5. The fourth-order valence-electron chi connectivity index (χ4n) is 5.19. The summed E-state index contributed by atoms with van der Waals surface area (Å²) in [5, 5.41) is 10.1. The van der Waals surface area contributed by atoms with Crippen LogP contribution in [0.3, 0.4) is 0 Å². The third-order valence-corrected chi connectivity index (χ3v) is 7.03. The van der Waals surface area contributed by atoms with Crippen molar-refractivity contribution in [1.29, 1.82) is 0 Å². The molecule has 0 amide bonds. The fourth-order valence-corrected chi connectivity index (χ4v) is 5.19. The summed E-state index contributed by atoms with van der Waals surface area (Å²) in [6, 6.07) is 0. The number of fused-ring (bicyclic) bond motifs is 1. The van der Waals surface area contributed by atoms with E-state index in [1.807, 2.05) is 13.8 Å². The number of hydrogen-bond acceptors (Lipinski definition) is 4. The smallest absolute Gasteiger partial charge is 0.308 e. The average Bonchev–Trinajstić information content (AvgIpc) is 2.65. The minimum atomic E-state index is -0.347. The number of carbonyl (C=O) groups excluding carboxylic acids is 1. The molecule has 0 aromatic heterocycles. The summed E-state index contributed by atoms with van der Waals surface area (Å²) in [7, 11) is 0. The maximum Gasteiger partial charge on any atom is 0.308 e. The van der Waals surface area contributed by atoms with Crippen LogP contribution in [0.5, 0.6) is 0 Å². The third kappa shape index (κ3) is 5.33. The first-order valence-corrected chi connectivity index (χ1v) is 11.4. The molecule has 1 fully saturated rings. The third-order valence-electron chi connectivity index (χ3n) is 7.03. The van der Waals surface area contributed by atoms with Crippen LogP contribution in [-0.2, 0) is 14.3 Å². The van der Waals surface area contributed by atoms with Gasteiger partial charge in [-0.2, -0.15) is 0 Å². The van der Waals surface area contributed by atoms with Gasteiger partial charge in [0.2, 0.25) is 0 Å². The Morgan fingerprint density at radius 1 is 1.34 bits per heavy atom. The van der Waals surface area contributed by atoms with E-state index in [0.717, 1.165) is 25.7 Å². The molecule has 4 nitrogen and oxygen atoms in total. The average molecular weight is 403 g/mol. The number of hydrogen-bond donors (Lipinski definition) is 1. The first kappa shape index (κ1) is 22.1. The summed E-state index contributed by atoms with van der Waals surface area (Å²) < 4.78 is 12.0. The molecule has 0 aromatic carbocycles. The van der Waals surface area contributed by atoms with Crippen LogP contribution in [-0.4, -0.2) is 29.4 Å². The molecule has 3 rings (SSSR count). The lowest BCUT2D eigenvalue weighted by molar-refractivity contribution is -0.158. The van der Waals surface area contributed by atoms with E-state index < -0.39 is 0 Å². The largest absolute Gasteiger partial charge is 0.495 e. The minimum absolute atomic E-state index is 0.0282. The SMILES string of the molecule is C=C1CC(O)CC(CCC2C(C)C=CC3=CC(C)CC(OC(=O)C(C)CC)C32)O1. The number of aliphatic hydroxyl groups excluding tert-OH is 1. The second-order valence-electron chi connectivity index (χ2n) is 9.52. The molecule has 1 saturated heterocycles. The summed E-state index contributed by atoms with van der Waals surface area (Å²) in [4.78, 5) is 12.6. The molecule has 1 heterocycles. The molecule has 2 aliphatic carbocycles. The van der Waals surface area contributed by atoms with Gasteiger partial charge in [0.25, 0.3) is 0 Å². The highest BCUT2D eigenvalue weighted by Gasteiger charge is 2.42. The maximum absolute atomic E-state index is 12.6. The van der Waals surface area contributed by atoms with Crippen molar-refractivity contribution in [2.45, 2.75) is 84.5 Å². The predicted molar refractivity (Wildman–Crippen MR) is 115 cm³/mol. The number of ether oxygens (including phenoxy) is 2. The fraction of sp³-hybridized carbons (Fsp3) is 0.720. The standard InChI is InChI=1S/C25H38O4/c1-6-16(3)25(27)29-23-12-15(2)11-19-8-7-17(4)22(24(19)23)10-9-21-14-20(26)13-18(5)28-21/h7-8,11,15-17,20-24,26H,5-6,9-10,12-14H2,1-4H3. The first-order valence-electron chi connectivity index (χ1n) is 11.4. The van der Waals surface area contributed by atoms with Gasteiger partial charge in [-0.1, -0.05) is 52.5 Å². The minimum Gasteiger partial charge on any atom is -0.495 e. The van der Waals surface area contributed by atoms with E-state index >= 15 is 0 Å². The quantitative estimate of drug-likeness (QED) is 0.622. The van der Waals surface area contributed by atoms with E-state index in [-0.39, 0.29) is 36.1 Å². The molecule has 0 saturated carbocycles. The molecule has 0 bridgehead atoms. The van der Waals surface area contributed by atoms with Crippen molar-refractivity contribution in [3.8, 4) is 0 Å². The highest BCUT2D eigenvalue weighted by atomic mass is 16.5. The van der Waals surface area contributed by atoms with E-state index in [9.17, 15) is 9.90 Å². The van der Waals surface area contributed by atoms with Crippen molar-refractivity contribution in [2.24, 2.45) is 29.6 Å². The van der Waals surface area contributed by atoms with Crippen LogP contribution in [0.25, 0.3) is 0 Å². The van der Waals surface area contributed by atoms with Crippen molar-refractivity contribution in [2.75, 3.05) is 0 Å². The summed E-state index contributed by atoms with van der Waals surface area (Å²) >= 11 is 0. The highest BCUT2D eigenvalue weighted by molar-refractivity contribution is 5.72. The lowest BCUT2D eigenvalue weighted by atomic mass is 9.65. The van der Waals surface area contributed by atoms with Gasteiger partial charge in [0.15, 0.2) is 0 Å². The van der Waals surface area contributed by atoms with Gasteiger partial charge < -0.3 is 14.6 Å². The van der Waals surface area contributed by atoms with E-state index in [0.29, 0.717) is 36.4 Å². The lowest BCUT2D eigenvalue weighted by Crippen LogP contribution is -2.42. The van der Waals surface area contributed by atoms with Gasteiger partial charge in [-0.3, -0.25) is 4.79 Å². The van der Waals surface area contributed by atoms with E-state index in [1.165, 1.54) is 5.57 Å². The van der Waals surface area contributed by atoms with Crippen LogP contribution in [0.2, 0.25) is 0 Å². The molecule has 4 heteroatoms.